The molecule has 3 heterocycles. The van der Waals surface area contributed by atoms with Gasteiger partial charge in [0.05, 0.1) is 19.0 Å². The predicted octanol–water partition coefficient (Wildman–Crippen LogP) is -0.750. The average Bonchev–Trinajstić information content (AvgIpc) is 2.84. The minimum absolute atomic E-state index is 0.128. The van der Waals surface area contributed by atoms with Crippen molar-refractivity contribution in [3.63, 3.8) is 0 Å². The Morgan fingerprint density at radius 1 is 1.47 bits per heavy atom. The van der Waals surface area contributed by atoms with E-state index in [0.717, 1.165) is 0 Å². The standard InChI is InChI=1S/C9H12N2O4/c12-9(13)3-6(11-2-1-10-5-11)7-4-14-8(9)15-7/h1-2,5-8,12-13H,3-4H2/t6-,7+,8+/m1/s1. The molecule has 2 aliphatic heterocycles. The molecule has 6 nitrogen and oxygen atoms in total. The smallest absolute Gasteiger partial charge is 0.217 e. The highest BCUT2D eigenvalue weighted by molar-refractivity contribution is 4.95. The Bertz CT molecular complexity index is 351. The van der Waals surface area contributed by atoms with Crippen molar-refractivity contribution in [2.24, 2.45) is 0 Å². The molecule has 82 valence electrons. The van der Waals surface area contributed by atoms with Crippen molar-refractivity contribution in [1.82, 2.24) is 9.55 Å². The summed E-state index contributed by atoms with van der Waals surface area (Å²) in [5, 5.41) is 19.4. The van der Waals surface area contributed by atoms with Gasteiger partial charge in [-0.1, -0.05) is 0 Å². The number of fused-ring (bicyclic) bond motifs is 2. The van der Waals surface area contributed by atoms with Crippen LogP contribution in [-0.4, -0.2) is 44.6 Å². The van der Waals surface area contributed by atoms with Crippen molar-refractivity contribution >= 4 is 0 Å². The fourth-order valence-electron chi connectivity index (χ4n) is 2.16. The summed E-state index contributed by atoms with van der Waals surface area (Å²) in [4.78, 5) is 3.93. The van der Waals surface area contributed by atoms with Gasteiger partial charge in [0.2, 0.25) is 12.1 Å². The Hall–Kier alpha value is -0.950. The minimum atomic E-state index is -1.91. The van der Waals surface area contributed by atoms with Crippen molar-refractivity contribution in [1.29, 1.82) is 0 Å². The summed E-state index contributed by atoms with van der Waals surface area (Å²) < 4.78 is 12.4. The van der Waals surface area contributed by atoms with Crippen LogP contribution in [0.2, 0.25) is 0 Å². The van der Waals surface area contributed by atoms with E-state index >= 15 is 0 Å². The van der Waals surface area contributed by atoms with E-state index in [-0.39, 0.29) is 18.6 Å². The zero-order chi connectivity index (χ0) is 10.5. The van der Waals surface area contributed by atoms with E-state index < -0.39 is 12.1 Å². The number of imidazole rings is 1. The molecule has 1 aromatic rings. The van der Waals surface area contributed by atoms with Gasteiger partial charge in [0.25, 0.3) is 0 Å². The predicted molar refractivity (Wildman–Crippen MR) is 47.7 cm³/mol. The number of aromatic nitrogens is 2. The lowest BCUT2D eigenvalue weighted by Crippen LogP contribution is -2.50. The molecule has 0 amide bonds. The van der Waals surface area contributed by atoms with Gasteiger partial charge in [-0.3, -0.25) is 0 Å². The van der Waals surface area contributed by atoms with Gasteiger partial charge in [0, 0.05) is 18.8 Å². The quantitative estimate of drug-likeness (QED) is 0.599. The minimum Gasteiger partial charge on any atom is -0.362 e. The summed E-state index contributed by atoms with van der Waals surface area (Å²) in [6.45, 7) is 0.385. The van der Waals surface area contributed by atoms with Crippen molar-refractivity contribution in [3.05, 3.63) is 18.7 Å². The van der Waals surface area contributed by atoms with Crippen LogP contribution < -0.4 is 0 Å². The van der Waals surface area contributed by atoms with Crippen LogP contribution in [0.5, 0.6) is 0 Å². The van der Waals surface area contributed by atoms with Crippen LogP contribution in [0, 0.1) is 0 Å². The molecule has 3 atom stereocenters. The first-order valence-electron chi connectivity index (χ1n) is 4.86. The summed E-state index contributed by atoms with van der Waals surface area (Å²) in [5.74, 6) is -1.91. The first-order chi connectivity index (χ1) is 7.17. The van der Waals surface area contributed by atoms with E-state index in [0.29, 0.717) is 6.61 Å². The summed E-state index contributed by atoms with van der Waals surface area (Å²) in [7, 11) is 0. The average molecular weight is 212 g/mol. The van der Waals surface area contributed by atoms with E-state index in [9.17, 15) is 10.2 Å². The fraction of sp³-hybridized carbons (Fsp3) is 0.667. The molecule has 0 aromatic carbocycles. The van der Waals surface area contributed by atoms with Crippen LogP contribution in [0.3, 0.4) is 0 Å². The summed E-state index contributed by atoms with van der Waals surface area (Å²) in [6, 6.07) is -0.138. The highest BCUT2D eigenvalue weighted by Crippen LogP contribution is 2.39. The number of rotatable bonds is 1. The Morgan fingerprint density at radius 2 is 2.33 bits per heavy atom. The molecule has 0 saturated carbocycles. The molecule has 2 saturated heterocycles. The lowest BCUT2D eigenvalue weighted by atomic mass is 9.99. The fourth-order valence-corrected chi connectivity index (χ4v) is 2.16. The Morgan fingerprint density at radius 3 is 3.07 bits per heavy atom. The van der Waals surface area contributed by atoms with Gasteiger partial charge in [-0.15, -0.1) is 0 Å². The highest BCUT2D eigenvalue weighted by atomic mass is 16.8. The van der Waals surface area contributed by atoms with E-state index in [4.69, 9.17) is 9.47 Å². The normalized spacial score (nSPS) is 38.1. The molecule has 0 aliphatic carbocycles. The second-order valence-corrected chi connectivity index (χ2v) is 4.00. The number of hydrogen-bond acceptors (Lipinski definition) is 5. The number of ether oxygens (including phenoxy) is 2. The van der Waals surface area contributed by atoms with Gasteiger partial charge in [-0.25, -0.2) is 4.98 Å². The van der Waals surface area contributed by atoms with Crippen molar-refractivity contribution < 1.29 is 19.7 Å². The van der Waals surface area contributed by atoms with E-state index in [2.05, 4.69) is 4.98 Å². The second-order valence-electron chi connectivity index (χ2n) is 4.00. The van der Waals surface area contributed by atoms with Crippen LogP contribution in [-0.2, 0) is 9.47 Å². The van der Waals surface area contributed by atoms with E-state index in [1.54, 1.807) is 18.7 Å². The maximum atomic E-state index is 9.70. The molecule has 1 aromatic heterocycles. The van der Waals surface area contributed by atoms with Crippen molar-refractivity contribution in [3.8, 4) is 0 Å². The molecule has 6 heteroatoms. The topological polar surface area (TPSA) is 76.7 Å². The lowest BCUT2D eigenvalue weighted by molar-refractivity contribution is -0.315. The summed E-state index contributed by atoms with van der Waals surface area (Å²) >= 11 is 0. The second kappa shape index (κ2) is 3.02. The molecular weight excluding hydrogens is 200 g/mol. The largest absolute Gasteiger partial charge is 0.362 e. The monoisotopic (exact) mass is 212 g/mol. The van der Waals surface area contributed by atoms with E-state index in [1.165, 1.54) is 0 Å². The van der Waals surface area contributed by atoms with Gasteiger partial charge in [-0.05, 0) is 0 Å². The molecule has 2 N–H and O–H groups in total. The zero-order valence-electron chi connectivity index (χ0n) is 7.98. The molecular formula is C9H12N2O4. The molecule has 3 rings (SSSR count). The number of nitrogens with zero attached hydrogens (tertiary/aromatic N) is 2. The first kappa shape index (κ1) is 9.29. The molecule has 0 spiro atoms. The van der Waals surface area contributed by atoms with Crippen molar-refractivity contribution in [2.75, 3.05) is 6.61 Å². The van der Waals surface area contributed by atoms with Crippen molar-refractivity contribution in [2.45, 2.75) is 30.6 Å². The van der Waals surface area contributed by atoms with Gasteiger partial charge in [0.15, 0.2) is 0 Å². The Kier molecular flexibility index (Phi) is 1.87. The lowest BCUT2D eigenvalue weighted by Gasteiger charge is -2.36. The van der Waals surface area contributed by atoms with Crippen LogP contribution in [0.15, 0.2) is 18.7 Å². The number of aliphatic hydroxyl groups is 2. The Balaban J connectivity index is 1.91. The number of hydrogen-bond donors (Lipinski definition) is 2. The SMILES string of the molecule is OC1(O)C[C@@H](n2ccnc2)[C@@H]2CO[C@H]1O2. The van der Waals surface area contributed by atoms with Gasteiger partial charge in [-0.2, -0.15) is 0 Å². The third-order valence-corrected chi connectivity index (χ3v) is 2.93. The van der Waals surface area contributed by atoms with Crippen LogP contribution >= 0.6 is 0 Å². The maximum absolute atomic E-state index is 9.70. The third-order valence-electron chi connectivity index (χ3n) is 2.93. The maximum Gasteiger partial charge on any atom is 0.217 e. The molecule has 2 aliphatic rings. The summed E-state index contributed by atoms with van der Waals surface area (Å²) in [6.07, 6.45) is 4.22. The summed E-state index contributed by atoms with van der Waals surface area (Å²) in [5.41, 5.74) is 0. The van der Waals surface area contributed by atoms with Gasteiger partial charge >= 0.3 is 0 Å². The molecule has 2 bridgehead atoms. The first-order valence-corrected chi connectivity index (χ1v) is 4.86. The van der Waals surface area contributed by atoms with Gasteiger partial charge < -0.3 is 24.3 Å². The van der Waals surface area contributed by atoms with Crippen LogP contribution in [0.1, 0.15) is 12.5 Å². The van der Waals surface area contributed by atoms with E-state index in [1.807, 2.05) is 4.57 Å². The van der Waals surface area contributed by atoms with Crippen LogP contribution in [0.25, 0.3) is 0 Å². The third kappa shape index (κ3) is 1.37. The molecule has 15 heavy (non-hydrogen) atoms. The molecule has 0 radical (unpaired) electrons. The Labute approximate surface area is 86.1 Å². The van der Waals surface area contributed by atoms with Gasteiger partial charge in [0.1, 0.15) is 6.10 Å². The molecule has 0 unspecified atom stereocenters. The molecule has 2 fully saturated rings. The zero-order valence-corrected chi connectivity index (χ0v) is 7.98. The van der Waals surface area contributed by atoms with Crippen LogP contribution in [0.4, 0.5) is 0 Å². The highest BCUT2D eigenvalue weighted by Gasteiger charge is 2.52.